The van der Waals surface area contributed by atoms with E-state index < -0.39 is 6.36 Å². The molecular weight excluding hydrogens is 255 g/mol. The predicted molar refractivity (Wildman–Crippen MR) is 69.0 cm³/mol. The first kappa shape index (κ1) is 15.6. The molecule has 1 rings (SSSR count). The number of alkyl halides is 3. The molecule has 0 radical (unpaired) electrons. The summed E-state index contributed by atoms with van der Waals surface area (Å²) in [4.78, 5) is 0. The number of halogens is 3. The molecule has 0 saturated heterocycles. The largest absolute Gasteiger partial charge is 0.573 e. The molecular formula is C14H18F3NO. The minimum Gasteiger partial charge on any atom is -0.406 e. The molecule has 0 saturated carbocycles. The lowest BCUT2D eigenvalue weighted by molar-refractivity contribution is -0.274. The SMILES string of the molecule is C=C(C)CC(NCC)c1ccc(OC(F)(F)F)cc1. The lowest BCUT2D eigenvalue weighted by atomic mass is 10.0. The van der Waals surface area contributed by atoms with Crippen LogP contribution in [0.15, 0.2) is 36.4 Å². The van der Waals surface area contributed by atoms with Crippen LogP contribution in [0.5, 0.6) is 5.75 Å². The van der Waals surface area contributed by atoms with Crippen LogP contribution in [-0.4, -0.2) is 12.9 Å². The van der Waals surface area contributed by atoms with E-state index in [1.165, 1.54) is 12.1 Å². The first-order valence-corrected chi connectivity index (χ1v) is 6.05. The number of hydrogen-bond acceptors (Lipinski definition) is 2. The van der Waals surface area contributed by atoms with Gasteiger partial charge >= 0.3 is 6.36 Å². The van der Waals surface area contributed by atoms with Crippen molar-refractivity contribution in [3.63, 3.8) is 0 Å². The molecule has 1 aromatic rings. The van der Waals surface area contributed by atoms with Gasteiger partial charge < -0.3 is 10.1 Å². The summed E-state index contributed by atoms with van der Waals surface area (Å²) in [7, 11) is 0. The second-order valence-corrected chi connectivity index (χ2v) is 4.39. The highest BCUT2D eigenvalue weighted by Crippen LogP contribution is 2.26. The van der Waals surface area contributed by atoms with Gasteiger partial charge in [-0.25, -0.2) is 0 Å². The molecule has 2 nitrogen and oxygen atoms in total. The van der Waals surface area contributed by atoms with Crippen molar-refractivity contribution in [2.24, 2.45) is 0 Å². The molecule has 106 valence electrons. The summed E-state index contributed by atoms with van der Waals surface area (Å²) in [6.07, 6.45) is -3.91. The van der Waals surface area contributed by atoms with E-state index in [1.807, 2.05) is 13.8 Å². The maximum Gasteiger partial charge on any atom is 0.573 e. The second kappa shape index (κ2) is 6.61. The summed E-state index contributed by atoms with van der Waals surface area (Å²) < 4.78 is 40.0. The van der Waals surface area contributed by atoms with E-state index in [9.17, 15) is 13.2 Å². The van der Waals surface area contributed by atoms with Crippen molar-refractivity contribution in [2.45, 2.75) is 32.7 Å². The zero-order valence-corrected chi connectivity index (χ0v) is 11.1. The van der Waals surface area contributed by atoms with Crippen LogP contribution in [0.25, 0.3) is 0 Å². The van der Waals surface area contributed by atoms with Crippen molar-refractivity contribution in [3.05, 3.63) is 42.0 Å². The minimum absolute atomic E-state index is 0.0578. The highest BCUT2D eigenvalue weighted by atomic mass is 19.4. The van der Waals surface area contributed by atoms with Gasteiger partial charge in [0, 0.05) is 6.04 Å². The number of hydrogen-bond donors (Lipinski definition) is 1. The lowest BCUT2D eigenvalue weighted by Crippen LogP contribution is -2.21. The van der Waals surface area contributed by atoms with E-state index in [2.05, 4.69) is 16.6 Å². The Morgan fingerprint density at radius 1 is 1.32 bits per heavy atom. The van der Waals surface area contributed by atoms with E-state index >= 15 is 0 Å². The Bertz CT molecular complexity index is 412. The summed E-state index contributed by atoms with van der Waals surface area (Å²) in [5.74, 6) is -0.207. The normalized spacial score (nSPS) is 13.1. The van der Waals surface area contributed by atoms with Crippen LogP contribution in [-0.2, 0) is 0 Å². The topological polar surface area (TPSA) is 21.3 Å². The standard InChI is InChI=1S/C14H18F3NO/c1-4-18-13(9-10(2)3)11-5-7-12(8-6-11)19-14(15,16)17/h5-8,13,18H,2,4,9H2,1,3H3. The molecule has 0 aliphatic heterocycles. The average molecular weight is 273 g/mol. The summed E-state index contributed by atoms with van der Waals surface area (Å²) in [5.41, 5.74) is 1.93. The molecule has 0 aliphatic rings. The van der Waals surface area contributed by atoms with Gasteiger partial charge in [0.25, 0.3) is 0 Å². The zero-order chi connectivity index (χ0) is 14.5. The summed E-state index contributed by atoms with van der Waals surface area (Å²) in [5, 5.41) is 3.27. The molecule has 19 heavy (non-hydrogen) atoms. The van der Waals surface area contributed by atoms with Crippen molar-refractivity contribution in [3.8, 4) is 5.75 Å². The van der Waals surface area contributed by atoms with Gasteiger partial charge in [-0.2, -0.15) is 0 Å². The molecule has 0 aliphatic carbocycles. The minimum atomic E-state index is -4.65. The van der Waals surface area contributed by atoms with Crippen molar-refractivity contribution < 1.29 is 17.9 Å². The average Bonchev–Trinajstić information content (AvgIpc) is 2.27. The Labute approximate surface area is 111 Å². The molecule has 0 fully saturated rings. The summed E-state index contributed by atoms with van der Waals surface area (Å²) in [6.45, 7) is 8.53. The van der Waals surface area contributed by atoms with Crippen molar-refractivity contribution in [1.82, 2.24) is 5.32 Å². The molecule has 0 amide bonds. The Kier molecular flexibility index (Phi) is 5.42. The number of rotatable bonds is 6. The Morgan fingerprint density at radius 3 is 2.32 bits per heavy atom. The van der Waals surface area contributed by atoms with Gasteiger partial charge in [0.1, 0.15) is 5.75 Å². The van der Waals surface area contributed by atoms with Crippen LogP contribution in [0.3, 0.4) is 0 Å². The van der Waals surface area contributed by atoms with Crippen LogP contribution in [0.1, 0.15) is 31.9 Å². The first-order valence-electron chi connectivity index (χ1n) is 6.05. The monoisotopic (exact) mass is 273 g/mol. The van der Waals surface area contributed by atoms with Gasteiger partial charge in [0.2, 0.25) is 0 Å². The zero-order valence-electron chi connectivity index (χ0n) is 11.1. The predicted octanol–water partition coefficient (Wildman–Crippen LogP) is 4.20. The number of ether oxygens (including phenoxy) is 1. The molecule has 0 spiro atoms. The van der Waals surface area contributed by atoms with E-state index in [0.717, 1.165) is 24.1 Å². The number of benzene rings is 1. The van der Waals surface area contributed by atoms with Gasteiger partial charge in [-0.1, -0.05) is 24.6 Å². The summed E-state index contributed by atoms with van der Waals surface area (Å²) in [6, 6.07) is 5.98. The van der Waals surface area contributed by atoms with Crippen LogP contribution >= 0.6 is 0 Å². The molecule has 1 aromatic carbocycles. The quantitative estimate of drug-likeness (QED) is 0.784. The van der Waals surface area contributed by atoms with Crippen LogP contribution in [0, 0.1) is 0 Å². The Morgan fingerprint density at radius 2 is 1.89 bits per heavy atom. The Balaban J connectivity index is 2.79. The smallest absolute Gasteiger partial charge is 0.406 e. The molecule has 0 bridgehead atoms. The maximum atomic E-state index is 12.0. The highest BCUT2D eigenvalue weighted by Gasteiger charge is 2.31. The Hall–Kier alpha value is -1.49. The molecule has 1 atom stereocenters. The van der Waals surface area contributed by atoms with Crippen LogP contribution in [0.2, 0.25) is 0 Å². The van der Waals surface area contributed by atoms with Gasteiger partial charge in [0.15, 0.2) is 0 Å². The maximum absolute atomic E-state index is 12.0. The van der Waals surface area contributed by atoms with E-state index in [1.54, 1.807) is 12.1 Å². The van der Waals surface area contributed by atoms with Gasteiger partial charge in [0.05, 0.1) is 0 Å². The van der Waals surface area contributed by atoms with Crippen molar-refractivity contribution >= 4 is 0 Å². The van der Waals surface area contributed by atoms with Gasteiger partial charge in [-0.05, 0) is 37.6 Å². The highest BCUT2D eigenvalue weighted by molar-refractivity contribution is 5.30. The fraction of sp³-hybridized carbons (Fsp3) is 0.429. The molecule has 5 heteroatoms. The molecule has 0 aromatic heterocycles. The van der Waals surface area contributed by atoms with Gasteiger partial charge in [-0.3, -0.25) is 0 Å². The molecule has 0 heterocycles. The van der Waals surface area contributed by atoms with Crippen LogP contribution < -0.4 is 10.1 Å². The molecule has 1 N–H and O–H groups in total. The van der Waals surface area contributed by atoms with E-state index in [4.69, 9.17) is 0 Å². The first-order chi connectivity index (χ1) is 8.81. The third-order valence-corrected chi connectivity index (χ3v) is 2.52. The fourth-order valence-corrected chi connectivity index (χ4v) is 1.80. The summed E-state index contributed by atoms with van der Waals surface area (Å²) >= 11 is 0. The molecule has 1 unspecified atom stereocenters. The van der Waals surface area contributed by atoms with Gasteiger partial charge in [-0.15, -0.1) is 19.8 Å². The second-order valence-electron chi connectivity index (χ2n) is 4.39. The van der Waals surface area contributed by atoms with E-state index in [0.29, 0.717) is 0 Å². The van der Waals surface area contributed by atoms with Crippen molar-refractivity contribution in [1.29, 1.82) is 0 Å². The lowest BCUT2D eigenvalue weighted by Gasteiger charge is -2.19. The third-order valence-electron chi connectivity index (χ3n) is 2.52. The van der Waals surface area contributed by atoms with Crippen molar-refractivity contribution in [2.75, 3.05) is 6.54 Å². The van der Waals surface area contributed by atoms with E-state index in [-0.39, 0.29) is 11.8 Å². The van der Waals surface area contributed by atoms with Crippen LogP contribution in [0.4, 0.5) is 13.2 Å². The number of nitrogens with one attached hydrogen (secondary N) is 1. The third kappa shape index (κ3) is 5.79. The fourth-order valence-electron chi connectivity index (χ4n) is 1.80.